The second-order valence-corrected chi connectivity index (χ2v) is 3.79. The maximum Gasteiger partial charge on any atom is 0.253 e. The predicted octanol–water partition coefficient (Wildman–Crippen LogP) is 1.77. The Morgan fingerprint density at radius 3 is 2.64 bits per heavy atom. The van der Waals surface area contributed by atoms with Crippen LogP contribution in [0.5, 0.6) is 0 Å². The van der Waals surface area contributed by atoms with E-state index in [0.717, 1.165) is 19.5 Å². The van der Waals surface area contributed by atoms with Crippen LogP contribution in [0.4, 0.5) is 5.69 Å². The Bertz CT molecular complexity index is 374. The average Bonchev–Trinajstić information content (AvgIpc) is 2.06. The van der Waals surface area contributed by atoms with Crippen LogP contribution >= 0.6 is 11.6 Å². The highest BCUT2D eigenvalue weighted by molar-refractivity contribution is 6.33. The normalized spacial score (nSPS) is 15.1. The third-order valence-electron chi connectivity index (χ3n) is 2.39. The molecule has 1 aliphatic rings. The molecule has 0 spiro atoms. The van der Waals surface area contributed by atoms with Crippen LogP contribution in [0.25, 0.3) is 0 Å². The van der Waals surface area contributed by atoms with Crippen molar-refractivity contribution in [1.82, 2.24) is 4.90 Å². The molecule has 0 bridgehead atoms. The van der Waals surface area contributed by atoms with Crippen molar-refractivity contribution in [3.63, 3.8) is 0 Å². The van der Waals surface area contributed by atoms with Crippen LogP contribution in [0.15, 0.2) is 18.2 Å². The van der Waals surface area contributed by atoms with Gasteiger partial charge in [0, 0.05) is 18.7 Å². The Kier molecular flexibility index (Phi) is 2.33. The van der Waals surface area contributed by atoms with E-state index in [9.17, 15) is 4.79 Å². The van der Waals surface area contributed by atoms with E-state index >= 15 is 0 Å². The number of carbonyl (C=O) groups is 1. The summed E-state index contributed by atoms with van der Waals surface area (Å²) in [5, 5.41) is 0.441. The highest BCUT2D eigenvalue weighted by Crippen LogP contribution is 2.21. The van der Waals surface area contributed by atoms with E-state index in [2.05, 4.69) is 0 Å². The molecule has 0 unspecified atom stereocenters. The molecule has 3 nitrogen and oxygen atoms in total. The molecule has 0 aliphatic carbocycles. The van der Waals surface area contributed by atoms with Crippen molar-refractivity contribution in [2.45, 2.75) is 6.42 Å². The molecule has 1 saturated heterocycles. The minimum absolute atomic E-state index is 0.0400. The predicted molar refractivity (Wildman–Crippen MR) is 56.4 cm³/mol. The van der Waals surface area contributed by atoms with Gasteiger partial charge in [0.05, 0.1) is 10.7 Å². The Hall–Kier alpha value is -1.22. The van der Waals surface area contributed by atoms with Crippen LogP contribution < -0.4 is 5.73 Å². The summed E-state index contributed by atoms with van der Waals surface area (Å²) < 4.78 is 0. The molecule has 1 fully saturated rings. The van der Waals surface area contributed by atoms with Gasteiger partial charge >= 0.3 is 0 Å². The van der Waals surface area contributed by atoms with Gasteiger partial charge in [-0.2, -0.15) is 0 Å². The molecule has 4 heteroatoms. The van der Waals surface area contributed by atoms with E-state index in [1.54, 1.807) is 23.1 Å². The number of amides is 1. The van der Waals surface area contributed by atoms with E-state index in [-0.39, 0.29) is 5.91 Å². The molecule has 0 radical (unpaired) electrons. The van der Waals surface area contributed by atoms with Crippen molar-refractivity contribution in [2.75, 3.05) is 18.8 Å². The number of anilines is 1. The summed E-state index contributed by atoms with van der Waals surface area (Å²) in [5.74, 6) is 0.0400. The van der Waals surface area contributed by atoms with Gasteiger partial charge in [-0.25, -0.2) is 0 Å². The first-order valence-corrected chi connectivity index (χ1v) is 4.90. The Morgan fingerprint density at radius 2 is 2.14 bits per heavy atom. The minimum Gasteiger partial charge on any atom is -0.398 e. The third-order valence-corrected chi connectivity index (χ3v) is 2.72. The number of nitrogen functional groups attached to an aromatic ring is 1. The lowest BCUT2D eigenvalue weighted by molar-refractivity contribution is 0.0652. The van der Waals surface area contributed by atoms with Gasteiger partial charge in [0.2, 0.25) is 0 Å². The molecule has 1 amide bonds. The smallest absolute Gasteiger partial charge is 0.253 e. The molecule has 1 aliphatic heterocycles. The molecule has 0 saturated carbocycles. The monoisotopic (exact) mass is 210 g/mol. The quantitative estimate of drug-likeness (QED) is 0.719. The number of halogens is 1. The maximum absolute atomic E-state index is 11.7. The number of rotatable bonds is 1. The van der Waals surface area contributed by atoms with Crippen LogP contribution in [0, 0.1) is 0 Å². The van der Waals surface area contributed by atoms with Crippen LogP contribution in [-0.2, 0) is 0 Å². The average molecular weight is 211 g/mol. The Balaban J connectivity index is 2.23. The fourth-order valence-corrected chi connectivity index (χ4v) is 1.54. The summed E-state index contributed by atoms with van der Waals surface area (Å²) in [5.41, 5.74) is 6.68. The summed E-state index contributed by atoms with van der Waals surface area (Å²) in [6.07, 6.45) is 1.09. The molecule has 2 N–H and O–H groups in total. The maximum atomic E-state index is 11.7. The first-order valence-electron chi connectivity index (χ1n) is 4.53. The molecule has 0 atom stereocenters. The number of carbonyl (C=O) groups excluding carboxylic acids is 1. The van der Waals surface area contributed by atoms with Crippen molar-refractivity contribution in [3.05, 3.63) is 28.8 Å². The number of nitrogens with zero attached hydrogens (tertiary/aromatic N) is 1. The second-order valence-electron chi connectivity index (χ2n) is 3.38. The summed E-state index contributed by atoms with van der Waals surface area (Å²) in [7, 11) is 0. The van der Waals surface area contributed by atoms with E-state index in [4.69, 9.17) is 17.3 Å². The molecular weight excluding hydrogens is 200 g/mol. The fourth-order valence-electron chi connectivity index (χ4n) is 1.36. The molecule has 1 aromatic carbocycles. The lowest BCUT2D eigenvalue weighted by atomic mass is 10.1. The van der Waals surface area contributed by atoms with Gasteiger partial charge in [0.25, 0.3) is 5.91 Å². The summed E-state index contributed by atoms with van der Waals surface area (Å²) in [6.45, 7) is 1.70. The van der Waals surface area contributed by atoms with Gasteiger partial charge in [-0.3, -0.25) is 4.79 Å². The molecule has 1 heterocycles. The molecule has 2 rings (SSSR count). The zero-order valence-electron chi connectivity index (χ0n) is 7.66. The van der Waals surface area contributed by atoms with E-state index in [1.807, 2.05) is 0 Å². The van der Waals surface area contributed by atoms with Gasteiger partial charge in [0.1, 0.15) is 0 Å². The van der Waals surface area contributed by atoms with Crippen molar-refractivity contribution in [2.24, 2.45) is 0 Å². The highest BCUT2D eigenvalue weighted by atomic mass is 35.5. The highest BCUT2D eigenvalue weighted by Gasteiger charge is 2.21. The molecule has 1 aromatic rings. The first kappa shape index (κ1) is 9.34. The summed E-state index contributed by atoms with van der Waals surface area (Å²) in [6, 6.07) is 4.99. The van der Waals surface area contributed by atoms with Gasteiger partial charge in [-0.1, -0.05) is 11.6 Å². The largest absolute Gasteiger partial charge is 0.398 e. The lowest BCUT2D eigenvalue weighted by Crippen LogP contribution is -2.42. The van der Waals surface area contributed by atoms with Crippen LogP contribution in [0.3, 0.4) is 0 Å². The summed E-state index contributed by atoms with van der Waals surface area (Å²) >= 11 is 5.83. The lowest BCUT2D eigenvalue weighted by Gasteiger charge is -2.30. The van der Waals surface area contributed by atoms with E-state index < -0.39 is 0 Å². The van der Waals surface area contributed by atoms with Gasteiger partial charge in [0.15, 0.2) is 0 Å². The van der Waals surface area contributed by atoms with Crippen LogP contribution in [0.1, 0.15) is 16.8 Å². The van der Waals surface area contributed by atoms with Crippen LogP contribution in [-0.4, -0.2) is 23.9 Å². The van der Waals surface area contributed by atoms with Crippen molar-refractivity contribution in [3.8, 4) is 0 Å². The van der Waals surface area contributed by atoms with Gasteiger partial charge in [-0.15, -0.1) is 0 Å². The zero-order chi connectivity index (χ0) is 10.1. The number of hydrogen-bond donors (Lipinski definition) is 1. The van der Waals surface area contributed by atoms with Crippen molar-refractivity contribution < 1.29 is 4.79 Å². The topological polar surface area (TPSA) is 46.3 Å². The molecule has 0 aromatic heterocycles. The number of hydrogen-bond acceptors (Lipinski definition) is 2. The molecular formula is C10H11ClN2O. The van der Waals surface area contributed by atoms with Gasteiger partial charge < -0.3 is 10.6 Å². The Morgan fingerprint density at radius 1 is 1.43 bits per heavy atom. The number of likely N-dealkylation sites (tertiary alicyclic amines) is 1. The van der Waals surface area contributed by atoms with Crippen molar-refractivity contribution in [1.29, 1.82) is 0 Å². The summed E-state index contributed by atoms with van der Waals surface area (Å²) in [4.78, 5) is 13.5. The van der Waals surface area contributed by atoms with E-state index in [1.165, 1.54) is 0 Å². The number of nitrogens with two attached hydrogens (primary N) is 1. The zero-order valence-corrected chi connectivity index (χ0v) is 8.42. The van der Waals surface area contributed by atoms with Crippen LogP contribution in [0.2, 0.25) is 5.02 Å². The third kappa shape index (κ3) is 1.55. The SMILES string of the molecule is Nc1ccc(C(=O)N2CCC2)cc1Cl. The minimum atomic E-state index is 0.0400. The Labute approximate surface area is 87.4 Å². The second kappa shape index (κ2) is 3.50. The fraction of sp³-hybridized carbons (Fsp3) is 0.300. The number of benzene rings is 1. The molecule has 74 valence electrons. The van der Waals surface area contributed by atoms with Gasteiger partial charge in [-0.05, 0) is 24.6 Å². The first-order chi connectivity index (χ1) is 6.68. The van der Waals surface area contributed by atoms with E-state index in [0.29, 0.717) is 16.3 Å². The molecule has 14 heavy (non-hydrogen) atoms. The standard InChI is InChI=1S/C10H11ClN2O/c11-8-6-7(2-3-9(8)12)10(14)13-4-1-5-13/h2-3,6H,1,4-5,12H2. The van der Waals surface area contributed by atoms with Crippen molar-refractivity contribution >= 4 is 23.2 Å².